The Balaban J connectivity index is 1.68. The lowest BCUT2D eigenvalue weighted by molar-refractivity contribution is -0.111. The van der Waals surface area contributed by atoms with Gasteiger partial charge < -0.3 is 24.6 Å². The first-order valence-electron chi connectivity index (χ1n) is 11.2. The molecular formula is C22H24F2N8O3. The fourth-order valence-corrected chi connectivity index (χ4v) is 4.01. The van der Waals surface area contributed by atoms with Crippen LogP contribution in [-0.4, -0.2) is 83.0 Å². The highest BCUT2D eigenvalue weighted by atomic mass is 19.3. The number of rotatable bonds is 6. The number of hydrogen-bond acceptors (Lipinski definition) is 9. The number of amides is 1. The summed E-state index contributed by atoms with van der Waals surface area (Å²) >= 11 is 0. The van der Waals surface area contributed by atoms with Gasteiger partial charge in [-0.3, -0.25) is 9.36 Å². The topological polar surface area (TPSA) is 111 Å². The van der Waals surface area contributed by atoms with E-state index in [1.807, 2.05) is 9.80 Å². The number of hydrogen-bond donors (Lipinski definition) is 1. The minimum Gasteiger partial charge on any atom is -0.378 e. The summed E-state index contributed by atoms with van der Waals surface area (Å²) in [5.41, 5.74) is 0.803. The molecule has 2 aromatic heterocycles. The molecule has 0 bridgehead atoms. The Morgan fingerprint density at radius 2 is 1.51 bits per heavy atom. The molecule has 13 heteroatoms. The SMILES string of the molecule is C=CC(=O)Nc1cccc2c1nc(C(F)F)n2-c1nc(N2CCOCC2)nc(N2CCOCC2)n1. The van der Waals surface area contributed by atoms with Gasteiger partial charge in [-0.1, -0.05) is 12.6 Å². The molecule has 2 saturated heterocycles. The molecule has 0 aliphatic carbocycles. The minimum absolute atomic E-state index is 0.0213. The van der Waals surface area contributed by atoms with Crippen molar-refractivity contribution in [2.45, 2.75) is 6.43 Å². The highest BCUT2D eigenvalue weighted by Crippen LogP contribution is 2.31. The molecule has 0 saturated carbocycles. The Bertz CT molecular complexity index is 1200. The number of benzene rings is 1. The van der Waals surface area contributed by atoms with Crippen LogP contribution < -0.4 is 15.1 Å². The number of carbonyl (C=O) groups is 1. The lowest BCUT2D eigenvalue weighted by atomic mass is 10.2. The fraction of sp³-hybridized carbons (Fsp3) is 0.409. The van der Waals surface area contributed by atoms with Gasteiger partial charge in [0, 0.05) is 26.2 Å². The Kier molecular flexibility index (Phi) is 6.51. The largest absolute Gasteiger partial charge is 0.378 e. The van der Waals surface area contributed by atoms with Crippen LogP contribution in [0.15, 0.2) is 30.9 Å². The van der Waals surface area contributed by atoms with E-state index in [1.54, 1.807) is 18.2 Å². The number of morpholine rings is 2. The molecule has 2 aliphatic rings. The van der Waals surface area contributed by atoms with Crippen molar-refractivity contribution < 1.29 is 23.0 Å². The molecule has 1 aromatic carbocycles. The van der Waals surface area contributed by atoms with Gasteiger partial charge in [0.2, 0.25) is 23.8 Å². The lowest BCUT2D eigenvalue weighted by Crippen LogP contribution is -2.40. The van der Waals surface area contributed by atoms with Crippen LogP contribution in [0, 0.1) is 0 Å². The van der Waals surface area contributed by atoms with Crippen molar-refractivity contribution in [2.75, 3.05) is 67.7 Å². The predicted molar refractivity (Wildman–Crippen MR) is 124 cm³/mol. The number of carbonyl (C=O) groups excluding carboxylic acids is 1. The maximum absolute atomic E-state index is 14.2. The van der Waals surface area contributed by atoms with Crippen LogP contribution in [0.5, 0.6) is 0 Å². The number of ether oxygens (including phenoxy) is 2. The van der Waals surface area contributed by atoms with Crippen molar-refractivity contribution in [3.8, 4) is 5.95 Å². The van der Waals surface area contributed by atoms with E-state index >= 15 is 0 Å². The maximum atomic E-state index is 14.2. The second-order valence-electron chi connectivity index (χ2n) is 7.91. The summed E-state index contributed by atoms with van der Waals surface area (Å²) in [7, 11) is 0. The van der Waals surface area contributed by atoms with Crippen LogP contribution in [0.2, 0.25) is 0 Å². The third-order valence-electron chi connectivity index (χ3n) is 5.74. The zero-order chi connectivity index (χ0) is 24.4. The van der Waals surface area contributed by atoms with Gasteiger partial charge in [-0.05, 0) is 18.2 Å². The van der Waals surface area contributed by atoms with Crippen LogP contribution in [0.4, 0.5) is 26.4 Å². The third kappa shape index (κ3) is 4.64. The monoisotopic (exact) mass is 486 g/mol. The van der Waals surface area contributed by atoms with Gasteiger partial charge in [0.05, 0.1) is 37.6 Å². The number of para-hydroxylation sites is 1. The molecule has 184 valence electrons. The number of nitrogens with zero attached hydrogens (tertiary/aromatic N) is 7. The zero-order valence-corrected chi connectivity index (χ0v) is 18.9. The molecular weight excluding hydrogens is 462 g/mol. The Morgan fingerprint density at radius 3 is 2.06 bits per heavy atom. The smallest absolute Gasteiger partial charge is 0.296 e. The third-order valence-corrected chi connectivity index (χ3v) is 5.74. The van der Waals surface area contributed by atoms with Crippen LogP contribution in [-0.2, 0) is 14.3 Å². The molecule has 4 heterocycles. The van der Waals surface area contributed by atoms with E-state index in [9.17, 15) is 13.6 Å². The molecule has 1 N–H and O–H groups in total. The van der Waals surface area contributed by atoms with E-state index in [0.717, 1.165) is 6.08 Å². The number of halogens is 2. The predicted octanol–water partition coefficient (Wildman–Crippen LogP) is 1.95. The summed E-state index contributed by atoms with van der Waals surface area (Å²) in [4.78, 5) is 33.7. The maximum Gasteiger partial charge on any atom is 0.296 e. The van der Waals surface area contributed by atoms with E-state index in [2.05, 4.69) is 31.8 Å². The molecule has 0 spiro atoms. The summed E-state index contributed by atoms with van der Waals surface area (Å²) in [6.07, 6.45) is -1.82. The van der Waals surface area contributed by atoms with Crippen LogP contribution in [0.3, 0.4) is 0 Å². The summed E-state index contributed by atoms with van der Waals surface area (Å²) < 4.78 is 40.5. The summed E-state index contributed by atoms with van der Waals surface area (Å²) in [6.45, 7) is 7.74. The van der Waals surface area contributed by atoms with Crippen molar-refractivity contribution in [1.29, 1.82) is 0 Å². The Labute approximate surface area is 199 Å². The number of nitrogens with one attached hydrogen (secondary N) is 1. The van der Waals surface area contributed by atoms with E-state index in [0.29, 0.717) is 70.0 Å². The normalized spacial score (nSPS) is 16.7. The molecule has 0 radical (unpaired) electrons. The fourth-order valence-electron chi connectivity index (χ4n) is 4.01. The molecule has 0 atom stereocenters. The average Bonchev–Trinajstić information content (AvgIpc) is 3.30. The first-order valence-corrected chi connectivity index (χ1v) is 11.2. The van der Waals surface area contributed by atoms with Crippen LogP contribution >= 0.6 is 0 Å². The van der Waals surface area contributed by atoms with E-state index < -0.39 is 18.2 Å². The second-order valence-corrected chi connectivity index (χ2v) is 7.91. The number of anilines is 3. The van der Waals surface area contributed by atoms with Crippen LogP contribution in [0.25, 0.3) is 17.0 Å². The highest BCUT2D eigenvalue weighted by Gasteiger charge is 2.27. The molecule has 0 unspecified atom stereocenters. The number of fused-ring (bicyclic) bond motifs is 1. The van der Waals surface area contributed by atoms with Gasteiger partial charge in [-0.25, -0.2) is 13.8 Å². The molecule has 3 aromatic rings. The summed E-state index contributed by atoms with van der Waals surface area (Å²) in [5.74, 6) is -0.244. The van der Waals surface area contributed by atoms with Crippen LogP contribution in [0.1, 0.15) is 12.2 Å². The van der Waals surface area contributed by atoms with Crippen molar-refractivity contribution >= 4 is 34.5 Å². The zero-order valence-electron chi connectivity index (χ0n) is 18.9. The molecule has 5 rings (SSSR count). The molecule has 2 aliphatic heterocycles. The first-order chi connectivity index (χ1) is 17.0. The average molecular weight is 486 g/mol. The highest BCUT2D eigenvalue weighted by molar-refractivity contribution is 6.04. The molecule has 1 amide bonds. The number of aromatic nitrogens is 5. The van der Waals surface area contributed by atoms with Gasteiger partial charge >= 0.3 is 0 Å². The first kappa shape index (κ1) is 23.1. The van der Waals surface area contributed by atoms with E-state index in [1.165, 1.54) is 4.57 Å². The second kappa shape index (κ2) is 9.88. The van der Waals surface area contributed by atoms with E-state index in [4.69, 9.17) is 9.47 Å². The van der Waals surface area contributed by atoms with E-state index in [-0.39, 0.29) is 17.2 Å². The summed E-state index contributed by atoms with van der Waals surface area (Å²) in [6, 6.07) is 4.86. The van der Waals surface area contributed by atoms with Gasteiger partial charge in [-0.2, -0.15) is 15.0 Å². The van der Waals surface area contributed by atoms with Gasteiger partial charge in [0.15, 0.2) is 5.82 Å². The molecule has 35 heavy (non-hydrogen) atoms. The van der Waals surface area contributed by atoms with Crippen molar-refractivity contribution in [3.05, 3.63) is 36.7 Å². The lowest BCUT2D eigenvalue weighted by Gasteiger charge is -2.30. The summed E-state index contributed by atoms with van der Waals surface area (Å²) in [5, 5.41) is 2.62. The quantitative estimate of drug-likeness (QED) is 0.523. The standard InChI is InChI=1S/C22H24F2N8O3/c1-2-16(33)25-14-4-3-5-15-17(14)26-19(18(23)24)32(15)22-28-20(30-6-10-34-11-7-30)27-21(29-22)31-8-12-35-13-9-31/h2-5,18H,1,6-13H2,(H,25,33). The van der Waals surface area contributed by atoms with Gasteiger partial charge in [0.25, 0.3) is 6.43 Å². The van der Waals surface area contributed by atoms with Gasteiger partial charge in [-0.15, -0.1) is 0 Å². The Morgan fingerprint density at radius 1 is 0.943 bits per heavy atom. The number of imidazole rings is 1. The van der Waals surface area contributed by atoms with Gasteiger partial charge in [0.1, 0.15) is 5.52 Å². The van der Waals surface area contributed by atoms with Crippen molar-refractivity contribution in [2.24, 2.45) is 0 Å². The number of alkyl halides is 2. The van der Waals surface area contributed by atoms with Crippen molar-refractivity contribution in [3.63, 3.8) is 0 Å². The minimum atomic E-state index is -2.92. The molecule has 11 nitrogen and oxygen atoms in total. The molecule has 2 fully saturated rings. The van der Waals surface area contributed by atoms with Crippen molar-refractivity contribution in [1.82, 2.24) is 24.5 Å². The Hall–Kier alpha value is -3.71.